The van der Waals surface area contributed by atoms with Crippen LogP contribution < -0.4 is 10.2 Å². The van der Waals surface area contributed by atoms with E-state index in [-0.39, 0.29) is 17.0 Å². The van der Waals surface area contributed by atoms with Gasteiger partial charge >= 0.3 is 12.0 Å². The molecule has 4 rings (SSSR count). The quantitative estimate of drug-likeness (QED) is 0.369. The van der Waals surface area contributed by atoms with Gasteiger partial charge in [-0.25, -0.2) is 18.9 Å². The van der Waals surface area contributed by atoms with Gasteiger partial charge in [-0.05, 0) is 61.0 Å². The van der Waals surface area contributed by atoms with E-state index in [1.54, 1.807) is 37.3 Å². The predicted octanol–water partition coefficient (Wildman–Crippen LogP) is 3.85. The first kappa shape index (κ1) is 21.7. The third kappa shape index (κ3) is 4.03. The van der Waals surface area contributed by atoms with Crippen LogP contribution in [0, 0.1) is 12.7 Å². The normalized spacial score (nSPS) is 15.1. The van der Waals surface area contributed by atoms with Gasteiger partial charge in [0.05, 0.1) is 18.4 Å². The van der Waals surface area contributed by atoms with Gasteiger partial charge in [-0.15, -0.1) is 0 Å². The molecule has 2 heterocycles. The summed E-state index contributed by atoms with van der Waals surface area (Å²) in [6, 6.07) is 12.0. The maximum absolute atomic E-state index is 13.2. The first-order chi connectivity index (χ1) is 15.8. The third-order valence-corrected chi connectivity index (χ3v) is 5.10. The summed E-state index contributed by atoms with van der Waals surface area (Å²) < 4.78 is 23.8. The number of carbonyl (C=O) groups is 4. The number of urea groups is 1. The first-order valence-corrected chi connectivity index (χ1v) is 9.75. The molecule has 8 nitrogen and oxygen atoms in total. The summed E-state index contributed by atoms with van der Waals surface area (Å²) in [5.74, 6) is -2.20. The molecule has 166 valence electrons. The maximum atomic E-state index is 13.2. The number of imide groups is 2. The fourth-order valence-electron chi connectivity index (χ4n) is 3.43. The molecule has 1 N–H and O–H groups in total. The van der Waals surface area contributed by atoms with Gasteiger partial charge in [-0.3, -0.25) is 14.9 Å². The van der Waals surface area contributed by atoms with Crippen LogP contribution in [-0.4, -0.2) is 30.9 Å². The molecule has 3 aromatic rings. The van der Waals surface area contributed by atoms with Crippen molar-refractivity contribution < 1.29 is 32.7 Å². The van der Waals surface area contributed by atoms with Crippen molar-refractivity contribution >= 4 is 35.6 Å². The molecule has 1 aliphatic rings. The maximum Gasteiger partial charge on any atom is 0.338 e. The fraction of sp³-hybridized carbons (Fsp3) is 0.0833. The minimum Gasteiger partial charge on any atom is -0.465 e. The number of amides is 4. The van der Waals surface area contributed by atoms with Crippen molar-refractivity contribution in [3.63, 3.8) is 0 Å². The lowest BCUT2D eigenvalue weighted by molar-refractivity contribution is -0.122. The molecule has 4 amide bonds. The summed E-state index contributed by atoms with van der Waals surface area (Å²) in [6.45, 7) is 1.74. The lowest BCUT2D eigenvalue weighted by Gasteiger charge is -2.26. The molecule has 0 atom stereocenters. The average Bonchev–Trinajstić information content (AvgIpc) is 3.26. The number of hydrogen-bond donors (Lipinski definition) is 1. The van der Waals surface area contributed by atoms with E-state index in [4.69, 9.17) is 9.15 Å². The zero-order chi connectivity index (χ0) is 23.7. The standard InChI is InChI=1S/C24H17FN2O6/c1-13-17(4-3-5-18(13)23(30)32-2)20-11-10-16(33-20)12-19-21(28)26-24(31)27(22(19)29)15-8-6-14(25)7-9-15/h3-12H,1-2H3,(H,26,28,31)/b19-12+. The summed E-state index contributed by atoms with van der Waals surface area (Å²) >= 11 is 0. The molecule has 0 saturated carbocycles. The molecule has 0 radical (unpaired) electrons. The number of barbiturate groups is 1. The summed E-state index contributed by atoms with van der Waals surface area (Å²) in [4.78, 5) is 50.2. The van der Waals surface area contributed by atoms with E-state index in [9.17, 15) is 23.6 Å². The van der Waals surface area contributed by atoms with Crippen LogP contribution in [0.25, 0.3) is 17.4 Å². The molecular formula is C24H17FN2O6. The van der Waals surface area contributed by atoms with Crippen LogP contribution in [0.5, 0.6) is 0 Å². The summed E-state index contributed by atoms with van der Waals surface area (Å²) in [6.07, 6.45) is 1.21. The summed E-state index contributed by atoms with van der Waals surface area (Å²) in [7, 11) is 1.29. The van der Waals surface area contributed by atoms with Gasteiger partial charge in [-0.2, -0.15) is 0 Å². The van der Waals surface area contributed by atoms with Crippen molar-refractivity contribution in [1.82, 2.24) is 5.32 Å². The molecule has 1 saturated heterocycles. The second-order valence-electron chi connectivity index (χ2n) is 7.11. The van der Waals surface area contributed by atoms with Crippen molar-refractivity contribution in [2.75, 3.05) is 12.0 Å². The number of esters is 1. The molecule has 1 aliphatic heterocycles. The smallest absolute Gasteiger partial charge is 0.338 e. The Bertz CT molecular complexity index is 1320. The van der Waals surface area contributed by atoms with Gasteiger partial charge in [0.1, 0.15) is 22.9 Å². The van der Waals surface area contributed by atoms with Gasteiger partial charge in [0.2, 0.25) is 0 Å². The van der Waals surface area contributed by atoms with Gasteiger partial charge in [0.15, 0.2) is 0 Å². The van der Waals surface area contributed by atoms with E-state index in [2.05, 4.69) is 5.32 Å². The minimum atomic E-state index is -0.941. The van der Waals surface area contributed by atoms with Crippen LogP contribution >= 0.6 is 0 Å². The zero-order valence-electron chi connectivity index (χ0n) is 17.5. The number of methoxy groups -OCH3 is 1. The number of rotatable bonds is 4. The molecule has 0 aliphatic carbocycles. The van der Waals surface area contributed by atoms with Crippen molar-refractivity contribution in [3.8, 4) is 11.3 Å². The molecule has 0 spiro atoms. The van der Waals surface area contributed by atoms with E-state index in [1.165, 1.54) is 25.3 Å². The van der Waals surface area contributed by atoms with Crippen LogP contribution in [0.15, 0.2) is 64.6 Å². The SMILES string of the molecule is COC(=O)c1cccc(-c2ccc(/C=C3\C(=O)NC(=O)N(c4ccc(F)cc4)C3=O)o2)c1C. The van der Waals surface area contributed by atoms with Gasteiger partial charge in [0, 0.05) is 5.56 Å². The van der Waals surface area contributed by atoms with E-state index >= 15 is 0 Å². The van der Waals surface area contributed by atoms with Gasteiger partial charge < -0.3 is 9.15 Å². The number of carbonyl (C=O) groups excluding carboxylic acids is 4. The van der Waals surface area contributed by atoms with E-state index in [0.717, 1.165) is 17.0 Å². The Morgan fingerprint density at radius 2 is 1.79 bits per heavy atom. The van der Waals surface area contributed by atoms with Crippen molar-refractivity contribution in [2.24, 2.45) is 0 Å². The number of ether oxygens (including phenoxy) is 1. The number of furan rings is 1. The number of nitrogens with one attached hydrogen (secondary N) is 1. The zero-order valence-corrected chi connectivity index (χ0v) is 17.5. The molecule has 1 fully saturated rings. The first-order valence-electron chi connectivity index (χ1n) is 9.75. The van der Waals surface area contributed by atoms with Crippen LogP contribution in [0.1, 0.15) is 21.7 Å². The lowest BCUT2D eigenvalue weighted by Crippen LogP contribution is -2.54. The van der Waals surface area contributed by atoms with E-state index in [1.807, 2.05) is 0 Å². The molecule has 2 aromatic carbocycles. The molecule has 9 heteroatoms. The molecule has 33 heavy (non-hydrogen) atoms. The van der Waals surface area contributed by atoms with Gasteiger partial charge in [-0.1, -0.05) is 12.1 Å². The fourth-order valence-corrected chi connectivity index (χ4v) is 3.43. The second kappa shape index (κ2) is 8.54. The number of anilines is 1. The summed E-state index contributed by atoms with van der Waals surface area (Å²) in [5, 5.41) is 2.09. The largest absolute Gasteiger partial charge is 0.465 e. The Hall–Kier alpha value is -4.53. The topological polar surface area (TPSA) is 106 Å². The Balaban J connectivity index is 1.68. The Kier molecular flexibility index (Phi) is 5.61. The van der Waals surface area contributed by atoms with Crippen LogP contribution in [-0.2, 0) is 14.3 Å². The van der Waals surface area contributed by atoms with Crippen molar-refractivity contribution in [2.45, 2.75) is 6.92 Å². The summed E-state index contributed by atoms with van der Waals surface area (Å²) in [5.41, 5.74) is 1.41. The minimum absolute atomic E-state index is 0.104. The Morgan fingerprint density at radius 3 is 2.48 bits per heavy atom. The monoisotopic (exact) mass is 448 g/mol. The molecule has 1 aromatic heterocycles. The van der Waals surface area contributed by atoms with Crippen LogP contribution in [0.4, 0.5) is 14.9 Å². The number of benzene rings is 2. The van der Waals surface area contributed by atoms with Crippen LogP contribution in [0.2, 0.25) is 0 Å². The lowest BCUT2D eigenvalue weighted by atomic mass is 10.0. The van der Waals surface area contributed by atoms with Crippen LogP contribution in [0.3, 0.4) is 0 Å². The van der Waals surface area contributed by atoms with E-state index < -0.39 is 29.6 Å². The number of halogens is 1. The van der Waals surface area contributed by atoms with E-state index in [0.29, 0.717) is 22.5 Å². The van der Waals surface area contributed by atoms with Crippen molar-refractivity contribution in [1.29, 1.82) is 0 Å². The highest BCUT2D eigenvalue weighted by Gasteiger charge is 2.37. The average molecular weight is 448 g/mol. The number of nitrogens with zero attached hydrogens (tertiary/aromatic N) is 1. The Labute approximate surface area is 187 Å². The second-order valence-corrected chi connectivity index (χ2v) is 7.11. The molecule has 0 unspecified atom stereocenters. The molecule has 0 bridgehead atoms. The highest BCUT2D eigenvalue weighted by Crippen LogP contribution is 2.29. The van der Waals surface area contributed by atoms with Crippen molar-refractivity contribution in [3.05, 3.63) is 82.9 Å². The third-order valence-electron chi connectivity index (χ3n) is 5.10. The Morgan fingerprint density at radius 1 is 1.06 bits per heavy atom. The highest BCUT2D eigenvalue weighted by atomic mass is 19.1. The molecular weight excluding hydrogens is 431 g/mol. The predicted molar refractivity (Wildman–Crippen MR) is 116 cm³/mol. The highest BCUT2D eigenvalue weighted by molar-refractivity contribution is 6.39. The van der Waals surface area contributed by atoms with Gasteiger partial charge in [0.25, 0.3) is 11.8 Å². The number of hydrogen-bond acceptors (Lipinski definition) is 6.